The topological polar surface area (TPSA) is 58.4 Å². The molecule has 1 aliphatic carbocycles. The number of nitrogens with one attached hydrogen (secondary N) is 1. The van der Waals surface area contributed by atoms with Gasteiger partial charge in [0.15, 0.2) is 0 Å². The molecule has 5 nitrogen and oxygen atoms in total. The highest BCUT2D eigenvalue weighted by Gasteiger charge is 2.20. The van der Waals surface area contributed by atoms with E-state index in [1.165, 1.54) is 32.1 Å². The number of hydrogen-bond donors (Lipinski definition) is 1. The lowest BCUT2D eigenvalue weighted by Gasteiger charge is -2.30. The van der Waals surface area contributed by atoms with Gasteiger partial charge in [0.2, 0.25) is 11.8 Å². The van der Waals surface area contributed by atoms with Crippen molar-refractivity contribution >= 4 is 11.8 Å². The van der Waals surface area contributed by atoms with Crippen molar-refractivity contribution in [3.63, 3.8) is 0 Å². The zero-order valence-electron chi connectivity index (χ0n) is 11.1. The second kappa shape index (κ2) is 6.00. The second-order valence-corrected chi connectivity index (χ2v) is 5.09. The number of likely N-dealkylation sites (N-methyl/N-ethyl adjacent to an activating group) is 1. The van der Waals surface area contributed by atoms with Gasteiger partial charge in [-0.2, -0.15) is 0 Å². The molecule has 1 aliphatic rings. The summed E-state index contributed by atoms with van der Waals surface area (Å²) in [7, 11) is 2.02. The van der Waals surface area contributed by atoms with Crippen LogP contribution in [0, 0.1) is 6.92 Å². The van der Waals surface area contributed by atoms with Gasteiger partial charge in [-0.25, -0.2) is 0 Å². The van der Waals surface area contributed by atoms with Crippen molar-refractivity contribution in [3.05, 3.63) is 11.8 Å². The summed E-state index contributed by atoms with van der Waals surface area (Å²) >= 11 is 0. The van der Waals surface area contributed by atoms with Gasteiger partial charge in [0.1, 0.15) is 0 Å². The number of hydrogen-bond acceptors (Lipinski definition) is 4. The smallest absolute Gasteiger partial charge is 0.240 e. The van der Waals surface area contributed by atoms with Gasteiger partial charge < -0.3 is 4.52 Å². The standard InChI is InChI=1S/C13H21N3O2/c1-10-8-13(18-15-10)14-12(17)9-16(2)11-6-4-3-5-7-11/h8,11H,3-7,9H2,1-2H3,(H,14,17). The monoisotopic (exact) mass is 251 g/mol. The molecule has 2 rings (SSSR count). The minimum Gasteiger partial charge on any atom is -0.338 e. The molecule has 0 atom stereocenters. The number of carbonyl (C=O) groups excluding carboxylic acids is 1. The average molecular weight is 251 g/mol. The summed E-state index contributed by atoms with van der Waals surface area (Å²) in [4.78, 5) is 14.0. The maximum atomic E-state index is 11.8. The van der Waals surface area contributed by atoms with Crippen molar-refractivity contribution in [2.24, 2.45) is 0 Å². The number of amides is 1. The molecule has 0 aliphatic heterocycles. The van der Waals surface area contributed by atoms with Crippen LogP contribution in [0.2, 0.25) is 0 Å². The molecule has 0 unspecified atom stereocenters. The normalized spacial score (nSPS) is 17.1. The summed E-state index contributed by atoms with van der Waals surface area (Å²) in [5, 5.41) is 6.46. The molecule has 1 saturated carbocycles. The lowest BCUT2D eigenvalue weighted by molar-refractivity contribution is -0.117. The number of nitrogens with zero attached hydrogens (tertiary/aromatic N) is 2. The predicted octanol–water partition coefficient (Wildman–Crippen LogP) is 2.19. The first kappa shape index (κ1) is 13.1. The van der Waals surface area contributed by atoms with Crippen molar-refractivity contribution in [1.82, 2.24) is 10.1 Å². The average Bonchev–Trinajstić information content (AvgIpc) is 2.75. The summed E-state index contributed by atoms with van der Waals surface area (Å²) < 4.78 is 4.96. The Kier molecular flexibility index (Phi) is 4.36. The van der Waals surface area contributed by atoms with E-state index in [2.05, 4.69) is 15.4 Å². The Bertz CT molecular complexity index is 397. The molecule has 1 amide bonds. The molecule has 0 radical (unpaired) electrons. The minimum absolute atomic E-state index is 0.0424. The van der Waals surface area contributed by atoms with Gasteiger partial charge in [-0.3, -0.25) is 15.0 Å². The van der Waals surface area contributed by atoms with Gasteiger partial charge in [-0.1, -0.05) is 24.4 Å². The third-order valence-electron chi connectivity index (χ3n) is 3.48. The molecule has 0 aromatic carbocycles. The quantitative estimate of drug-likeness (QED) is 0.891. The van der Waals surface area contributed by atoms with Crippen LogP contribution in [0.5, 0.6) is 0 Å². The van der Waals surface area contributed by atoms with Crippen LogP contribution in [0.3, 0.4) is 0 Å². The fourth-order valence-electron chi connectivity index (χ4n) is 2.48. The third-order valence-corrected chi connectivity index (χ3v) is 3.48. The van der Waals surface area contributed by atoms with E-state index in [0.717, 1.165) is 5.69 Å². The van der Waals surface area contributed by atoms with Gasteiger partial charge in [-0.05, 0) is 26.8 Å². The van der Waals surface area contributed by atoms with E-state index in [0.29, 0.717) is 18.5 Å². The van der Waals surface area contributed by atoms with Crippen LogP contribution in [0.1, 0.15) is 37.8 Å². The Morgan fingerprint density at radius 2 is 2.22 bits per heavy atom. The van der Waals surface area contributed by atoms with E-state index in [-0.39, 0.29) is 5.91 Å². The Balaban J connectivity index is 1.79. The van der Waals surface area contributed by atoms with Crippen LogP contribution in [-0.2, 0) is 4.79 Å². The zero-order chi connectivity index (χ0) is 13.0. The van der Waals surface area contributed by atoms with Crippen molar-refractivity contribution in [2.45, 2.75) is 45.1 Å². The number of carbonyl (C=O) groups is 1. The van der Waals surface area contributed by atoms with Gasteiger partial charge in [0, 0.05) is 12.1 Å². The molecule has 1 aromatic rings. The van der Waals surface area contributed by atoms with E-state index < -0.39 is 0 Å². The van der Waals surface area contributed by atoms with Crippen molar-refractivity contribution in [2.75, 3.05) is 18.9 Å². The lowest BCUT2D eigenvalue weighted by Crippen LogP contribution is -2.39. The van der Waals surface area contributed by atoms with Crippen LogP contribution in [0.4, 0.5) is 5.88 Å². The van der Waals surface area contributed by atoms with Gasteiger partial charge >= 0.3 is 0 Å². The molecule has 1 aromatic heterocycles. The fraction of sp³-hybridized carbons (Fsp3) is 0.692. The molecular formula is C13H21N3O2. The number of aryl methyl sites for hydroxylation is 1. The Hall–Kier alpha value is -1.36. The van der Waals surface area contributed by atoms with Gasteiger partial charge in [0.25, 0.3) is 0 Å². The van der Waals surface area contributed by atoms with E-state index >= 15 is 0 Å². The maximum absolute atomic E-state index is 11.8. The molecule has 1 heterocycles. The molecule has 0 spiro atoms. The van der Waals surface area contributed by atoms with Gasteiger partial charge in [0.05, 0.1) is 12.2 Å². The van der Waals surface area contributed by atoms with Crippen molar-refractivity contribution < 1.29 is 9.32 Å². The van der Waals surface area contributed by atoms with Crippen LogP contribution >= 0.6 is 0 Å². The van der Waals surface area contributed by atoms with Crippen LogP contribution in [-0.4, -0.2) is 35.6 Å². The summed E-state index contributed by atoms with van der Waals surface area (Å²) in [5.41, 5.74) is 0.769. The van der Waals surface area contributed by atoms with E-state index in [4.69, 9.17) is 4.52 Å². The lowest BCUT2D eigenvalue weighted by atomic mass is 9.94. The van der Waals surface area contributed by atoms with Crippen LogP contribution in [0.25, 0.3) is 0 Å². The zero-order valence-corrected chi connectivity index (χ0v) is 11.1. The molecule has 100 valence electrons. The van der Waals surface area contributed by atoms with E-state index in [1.807, 2.05) is 14.0 Å². The number of anilines is 1. The Morgan fingerprint density at radius 3 is 2.83 bits per heavy atom. The molecule has 1 N–H and O–H groups in total. The van der Waals surface area contributed by atoms with Crippen molar-refractivity contribution in [3.8, 4) is 0 Å². The number of rotatable bonds is 4. The second-order valence-electron chi connectivity index (χ2n) is 5.09. The molecule has 0 bridgehead atoms. The van der Waals surface area contributed by atoms with Crippen LogP contribution in [0.15, 0.2) is 10.6 Å². The minimum atomic E-state index is -0.0424. The SMILES string of the molecule is Cc1cc(NC(=O)CN(C)C2CCCCC2)on1. The first-order valence-corrected chi connectivity index (χ1v) is 6.58. The number of aromatic nitrogens is 1. The maximum Gasteiger partial charge on any atom is 0.240 e. The largest absolute Gasteiger partial charge is 0.338 e. The summed E-state index contributed by atoms with van der Waals surface area (Å²) in [5.74, 6) is 0.383. The molecule has 5 heteroatoms. The molecule has 0 saturated heterocycles. The Morgan fingerprint density at radius 1 is 1.50 bits per heavy atom. The van der Waals surface area contributed by atoms with Gasteiger partial charge in [-0.15, -0.1) is 0 Å². The Labute approximate surface area is 108 Å². The van der Waals surface area contributed by atoms with E-state index in [1.54, 1.807) is 6.07 Å². The molecule has 1 fully saturated rings. The third kappa shape index (κ3) is 3.57. The van der Waals surface area contributed by atoms with Crippen molar-refractivity contribution in [1.29, 1.82) is 0 Å². The highest BCUT2D eigenvalue weighted by atomic mass is 16.5. The highest BCUT2D eigenvalue weighted by molar-refractivity contribution is 5.90. The summed E-state index contributed by atoms with van der Waals surface area (Å²) in [6, 6.07) is 2.26. The molecule has 18 heavy (non-hydrogen) atoms. The van der Waals surface area contributed by atoms with Crippen LogP contribution < -0.4 is 5.32 Å². The summed E-state index contributed by atoms with van der Waals surface area (Å²) in [6.45, 7) is 2.23. The fourth-order valence-corrected chi connectivity index (χ4v) is 2.48. The predicted molar refractivity (Wildman–Crippen MR) is 69.4 cm³/mol. The first-order valence-electron chi connectivity index (χ1n) is 6.58. The summed E-state index contributed by atoms with van der Waals surface area (Å²) in [6.07, 6.45) is 6.28. The highest BCUT2D eigenvalue weighted by Crippen LogP contribution is 2.21. The molecular weight excluding hydrogens is 230 g/mol. The van der Waals surface area contributed by atoms with E-state index in [9.17, 15) is 4.79 Å². The first-order chi connectivity index (χ1) is 8.65.